The lowest BCUT2D eigenvalue weighted by Crippen LogP contribution is -2.14. The fourth-order valence-corrected chi connectivity index (χ4v) is 7.17. The van der Waals surface area contributed by atoms with Crippen molar-refractivity contribution in [2.45, 2.75) is 12.8 Å². The third-order valence-electron chi connectivity index (χ3n) is 5.78. The van der Waals surface area contributed by atoms with Crippen molar-refractivity contribution in [3.8, 4) is 5.69 Å². The number of benzene rings is 2. The van der Waals surface area contributed by atoms with Gasteiger partial charge in [-0.05, 0) is 29.7 Å². The molecule has 0 spiro atoms. The third kappa shape index (κ3) is 3.23. The van der Waals surface area contributed by atoms with Crippen LogP contribution < -0.4 is 0 Å². The van der Waals surface area contributed by atoms with Crippen LogP contribution in [0.15, 0.2) is 42.7 Å². The van der Waals surface area contributed by atoms with Crippen molar-refractivity contribution in [1.82, 2.24) is 18.9 Å². The van der Waals surface area contributed by atoms with E-state index in [1.807, 2.05) is 40.5 Å². The summed E-state index contributed by atoms with van der Waals surface area (Å²) in [6.45, 7) is 5.04. The molecule has 10 heteroatoms. The normalized spacial score (nSPS) is 17.9. The Hall–Kier alpha value is -2.61. The number of imidazole rings is 1. The van der Waals surface area contributed by atoms with Gasteiger partial charge in [0, 0.05) is 32.3 Å². The Morgan fingerprint density at radius 1 is 1.20 bits per heavy atom. The largest absolute Gasteiger partial charge is 0.296 e. The van der Waals surface area contributed by atoms with Crippen LogP contribution in [-0.4, -0.2) is 56.2 Å². The van der Waals surface area contributed by atoms with Gasteiger partial charge in [0.25, 0.3) is 5.69 Å². The van der Waals surface area contributed by atoms with Crippen molar-refractivity contribution in [3.63, 3.8) is 0 Å². The first-order valence-electron chi connectivity index (χ1n) is 9.88. The van der Waals surface area contributed by atoms with E-state index >= 15 is 0 Å². The third-order valence-corrected chi connectivity index (χ3v) is 9.37. The summed E-state index contributed by atoms with van der Waals surface area (Å²) < 4.78 is 34.0. The molecule has 3 aromatic rings. The number of rotatable bonds is 7. The van der Waals surface area contributed by atoms with E-state index in [1.165, 1.54) is 12.4 Å². The zero-order valence-electron chi connectivity index (χ0n) is 16.4. The van der Waals surface area contributed by atoms with Crippen LogP contribution in [0.5, 0.6) is 0 Å². The lowest BCUT2D eigenvalue weighted by Gasteiger charge is -2.24. The minimum atomic E-state index is -2.68. The van der Waals surface area contributed by atoms with Gasteiger partial charge in [0.2, 0.25) is 7.44 Å². The number of nitro groups is 1. The van der Waals surface area contributed by atoms with Crippen molar-refractivity contribution < 1.29 is 13.9 Å². The Morgan fingerprint density at radius 2 is 1.87 bits per heavy atom. The summed E-state index contributed by atoms with van der Waals surface area (Å²) in [5.74, 6) is -1.00. The molecule has 8 nitrogen and oxygen atoms in total. The molecule has 0 N–H and O–H groups in total. The summed E-state index contributed by atoms with van der Waals surface area (Å²) >= 11 is 0. The lowest BCUT2D eigenvalue weighted by molar-refractivity contribution is -0.384. The van der Waals surface area contributed by atoms with Crippen LogP contribution >= 0.6 is 7.44 Å². The second kappa shape index (κ2) is 6.97. The number of hydrogen-bond acceptors (Lipinski definition) is 4. The van der Waals surface area contributed by atoms with E-state index in [0.717, 1.165) is 32.2 Å². The first-order chi connectivity index (χ1) is 14.4. The number of nitrogens with zero attached hydrogens (tertiary/aromatic N) is 5. The predicted molar refractivity (Wildman–Crippen MR) is 112 cm³/mol. The predicted octanol–water partition coefficient (Wildman–Crippen LogP) is 4.00. The van der Waals surface area contributed by atoms with Crippen molar-refractivity contribution in [3.05, 3.63) is 64.2 Å². The van der Waals surface area contributed by atoms with Gasteiger partial charge in [0.1, 0.15) is 17.8 Å². The second-order valence-electron chi connectivity index (χ2n) is 7.88. The minimum Gasteiger partial charge on any atom is -0.293 e. The molecule has 1 atom stereocenters. The number of halogens is 1. The van der Waals surface area contributed by atoms with Gasteiger partial charge in [0.15, 0.2) is 0 Å². The molecule has 2 aliphatic rings. The molecule has 1 unspecified atom stereocenters. The summed E-state index contributed by atoms with van der Waals surface area (Å²) in [5, 5.41) is 11.7. The Kier molecular flexibility index (Phi) is 4.50. The molecule has 0 aliphatic carbocycles. The Balaban J connectivity index is 1.59. The van der Waals surface area contributed by atoms with E-state index in [2.05, 4.69) is 4.98 Å². The SMILES string of the molecule is CC(CP(=O)(N1CC1)N1CC1)c1cc(-n2cnc3ccccc32)c([N+](=O)[O-])cc1F. The maximum atomic E-state index is 15.0. The average Bonchev–Trinajstić information content (AvgIpc) is 3.63. The highest BCUT2D eigenvalue weighted by atomic mass is 31.2. The fraction of sp³-hybridized carbons (Fsp3) is 0.350. The van der Waals surface area contributed by atoms with Gasteiger partial charge in [0.05, 0.1) is 22.0 Å². The summed E-state index contributed by atoms with van der Waals surface area (Å²) in [7, 11) is -2.68. The van der Waals surface area contributed by atoms with Crippen LogP contribution in [0.3, 0.4) is 0 Å². The van der Waals surface area contributed by atoms with E-state index in [9.17, 15) is 19.1 Å². The first-order valence-corrected chi connectivity index (χ1v) is 11.7. The van der Waals surface area contributed by atoms with E-state index in [-0.39, 0.29) is 17.3 Å². The van der Waals surface area contributed by atoms with Gasteiger partial charge < -0.3 is 0 Å². The number of nitro benzene ring substituents is 1. The smallest absolute Gasteiger partial charge is 0.293 e. The van der Waals surface area contributed by atoms with Crippen molar-refractivity contribution in [1.29, 1.82) is 0 Å². The van der Waals surface area contributed by atoms with Gasteiger partial charge in [-0.15, -0.1) is 0 Å². The molecule has 0 bridgehead atoms. The maximum absolute atomic E-state index is 15.0. The second-order valence-corrected chi connectivity index (χ2v) is 10.7. The van der Waals surface area contributed by atoms with Crippen molar-refractivity contribution in [2.24, 2.45) is 0 Å². The van der Waals surface area contributed by atoms with E-state index in [4.69, 9.17) is 0 Å². The van der Waals surface area contributed by atoms with Gasteiger partial charge in [-0.25, -0.2) is 18.7 Å². The highest BCUT2D eigenvalue weighted by Gasteiger charge is 2.48. The number of para-hydroxylation sites is 2. The zero-order chi connectivity index (χ0) is 21.0. The number of fused-ring (bicyclic) bond motifs is 1. The monoisotopic (exact) mass is 429 g/mol. The maximum Gasteiger partial charge on any atom is 0.296 e. The Bertz CT molecular complexity index is 1190. The quantitative estimate of drug-likeness (QED) is 0.244. The lowest BCUT2D eigenvalue weighted by atomic mass is 10.0. The van der Waals surface area contributed by atoms with Crippen molar-refractivity contribution >= 4 is 24.2 Å². The molecule has 1 aromatic heterocycles. The molecule has 2 saturated heterocycles. The molecule has 2 fully saturated rings. The zero-order valence-corrected chi connectivity index (χ0v) is 17.3. The molecule has 3 heterocycles. The molecule has 2 aromatic carbocycles. The van der Waals surface area contributed by atoms with Gasteiger partial charge in [-0.2, -0.15) is 0 Å². The Morgan fingerprint density at radius 3 is 2.50 bits per heavy atom. The van der Waals surface area contributed by atoms with E-state index in [1.54, 1.807) is 4.57 Å². The number of aromatic nitrogens is 2. The van der Waals surface area contributed by atoms with Gasteiger partial charge >= 0.3 is 0 Å². The van der Waals surface area contributed by atoms with Crippen LogP contribution in [0, 0.1) is 15.9 Å². The standard InChI is InChI=1S/C20H21FN5O3P/c1-14(12-30(29,23-6-7-23)24-8-9-24)15-10-19(20(26(27)28)11-16(15)21)25-13-22-17-4-2-3-5-18(17)25/h2-5,10-11,13-14H,6-9,12H2,1H3. The molecule has 0 saturated carbocycles. The topological polar surface area (TPSA) is 84.0 Å². The molecular weight excluding hydrogens is 408 g/mol. The van der Waals surface area contributed by atoms with Crippen LogP contribution in [0.25, 0.3) is 16.7 Å². The first kappa shape index (κ1) is 19.4. The van der Waals surface area contributed by atoms with E-state index < -0.39 is 18.2 Å². The molecule has 30 heavy (non-hydrogen) atoms. The molecular formula is C20H21FN5O3P. The summed E-state index contributed by atoms with van der Waals surface area (Å²) in [4.78, 5) is 15.4. The van der Waals surface area contributed by atoms with Crippen LogP contribution in [0.1, 0.15) is 18.4 Å². The molecule has 0 amide bonds. The average molecular weight is 429 g/mol. The molecule has 156 valence electrons. The summed E-state index contributed by atoms with van der Waals surface area (Å²) in [6, 6.07) is 9.77. The van der Waals surface area contributed by atoms with Crippen LogP contribution in [0.2, 0.25) is 0 Å². The minimum absolute atomic E-state index is 0.255. The van der Waals surface area contributed by atoms with E-state index in [0.29, 0.717) is 22.8 Å². The highest BCUT2D eigenvalue weighted by Crippen LogP contribution is 2.62. The molecule has 0 radical (unpaired) electrons. The van der Waals surface area contributed by atoms with Gasteiger partial charge in [-0.3, -0.25) is 19.2 Å². The molecule has 5 rings (SSSR count). The summed E-state index contributed by atoms with van der Waals surface area (Å²) in [5.41, 5.74) is 1.65. The number of hydrogen-bond donors (Lipinski definition) is 0. The van der Waals surface area contributed by atoms with Crippen LogP contribution in [0.4, 0.5) is 10.1 Å². The van der Waals surface area contributed by atoms with Crippen molar-refractivity contribution in [2.75, 3.05) is 32.3 Å². The fourth-order valence-electron chi connectivity index (χ4n) is 4.01. The summed E-state index contributed by atoms with van der Waals surface area (Å²) in [6.07, 6.45) is 1.84. The Labute approximate surface area is 172 Å². The van der Waals surface area contributed by atoms with Crippen LogP contribution in [-0.2, 0) is 4.57 Å². The molecule has 2 aliphatic heterocycles. The highest BCUT2D eigenvalue weighted by molar-refractivity contribution is 7.59. The van der Waals surface area contributed by atoms with Gasteiger partial charge in [-0.1, -0.05) is 19.1 Å².